The van der Waals surface area contributed by atoms with Gasteiger partial charge in [0.2, 0.25) is 0 Å². The highest BCUT2D eigenvalue weighted by Gasteiger charge is 2.03. The number of nitrogens with two attached hydrogens (primary N) is 1. The van der Waals surface area contributed by atoms with Crippen LogP contribution in [0.25, 0.3) is 0 Å². The van der Waals surface area contributed by atoms with Crippen LogP contribution in [-0.2, 0) is 0 Å². The Morgan fingerprint density at radius 2 is 2.18 bits per heavy atom. The van der Waals surface area contributed by atoms with Crippen LogP contribution in [0.5, 0.6) is 0 Å². The summed E-state index contributed by atoms with van der Waals surface area (Å²) in [5.41, 5.74) is 5.59. The Balaban J connectivity index is 3.32. The van der Waals surface area contributed by atoms with Gasteiger partial charge in [-0.25, -0.2) is 0 Å². The summed E-state index contributed by atoms with van der Waals surface area (Å²) in [7, 11) is 0. The minimum atomic E-state index is -1.27. The van der Waals surface area contributed by atoms with Gasteiger partial charge in [-0.15, -0.1) is 0 Å². The molecule has 1 aromatic carbocycles. The third-order valence-corrected chi connectivity index (χ3v) is 1.91. The molecule has 2 N–H and O–H groups in total. The second kappa shape index (κ2) is 2.92. The summed E-state index contributed by atoms with van der Waals surface area (Å²) >= 11 is 3.05. The molecule has 0 amide bonds. The predicted molar refractivity (Wildman–Crippen MR) is 42.9 cm³/mol. The van der Waals surface area contributed by atoms with Gasteiger partial charge in [0.25, 0.3) is 0 Å². The van der Waals surface area contributed by atoms with E-state index in [0.717, 1.165) is 0 Å². The maximum absolute atomic E-state index is 10.4. The van der Waals surface area contributed by atoms with Gasteiger partial charge in [0.15, 0.2) is 0 Å². The lowest BCUT2D eigenvalue weighted by Crippen LogP contribution is -2.23. The van der Waals surface area contributed by atoms with E-state index < -0.39 is 5.97 Å². The van der Waals surface area contributed by atoms with Gasteiger partial charge >= 0.3 is 0 Å². The molecule has 58 valence electrons. The van der Waals surface area contributed by atoms with E-state index in [1.165, 1.54) is 6.07 Å². The number of hydrogen-bond donors (Lipinski definition) is 1. The Labute approximate surface area is 72.0 Å². The number of carboxylic acid groups (broad SMARTS) is 1. The van der Waals surface area contributed by atoms with Gasteiger partial charge in [-0.1, -0.05) is 22.0 Å². The average Bonchev–Trinajstić information content (AvgIpc) is 1.85. The van der Waals surface area contributed by atoms with Crippen molar-refractivity contribution in [1.29, 1.82) is 0 Å². The molecular formula is C7H5BrNO2-. The molecule has 0 aliphatic heterocycles. The van der Waals surface area contributed by atoms with Crippen LogP contribution in [0.15, 0.2) is 22.7 Å². The standard InChI is InChI=1S/C7H6BrNO2/c8-4-2-1-3-5(9)6(4)7(10)11/h1-3H,9H2,(H,10,11)/p-1. The summed E-state index contributed by atoms with van der Waals surface area (Å²) in [6.07, 6.45) is 0. The first-order valence-corrected chi connectivity index (χ1v) is 3.67. The number of aromatic carboxylic acids is 1. The first-order chi connectivity index (χ1) is 5.13. The lowest BCUT2D eigenvalue weighted by Gasteiger charge is -2.07. The molecule has 0 radical (unpaired) electrons. The number of carboxylic acids is 1. The quantitative estimate of drug-likeness (QED) is 0.689. The largest absolute Gasteiger partial charge is 0.545 e. The van der Waals surface area contributed by atoms with Crippen molar-refractivity contribution in [3.63, 3.8) is 0 Å². The van der Waals surface area contributed by atoms with Crippen molar-refractivity contribution in [2.45, 2.75) is 0 Å². The van der Waals surface area contributed by atoms with Crippen molar-refractivity contribution in [2.75, 3.05) is 5.73 Å². The molecule has 0 saturated carbocycles. The minimum Gasteiger partial charge on any atom is -0.545 e. The summed E-state index contributed by atoms with van der Waals surface area (Å²) < 4.78 is 0.442. The van der Waals surface area contributed by atoms with Gasteiger partial charge in [-0.3, -0.25) is 0 Å². The Morgan fingerprint density at radius 3 is 2.55 bits per heavy atom. The average molecular weight is 215 g/mol. The highest BCUT2D eigenvalue weighted by atomic mass is 79.9. The smallest absolute Gasteiger partial charge is 0.0747 e. The number of halogens is 1. The highest BCUT2D eigenvalue weighted by Crippen LogP contribution is 2.21. The molecule has 1 aromatic rings. The first kappa shape index (κ1) is 8.07. The van der Waals surface area contributed by atoms with E-state index >= 15 is 0 Å². The van der Waals surface area contributed by atoms with Crippen molar-refractivity contribution >= 4 is 27.6 Å². The summed E-state index contributed by atoms with van der Waals surface area (Å²) in [6.45, 7) is 0. The number of anilines is 1. The van der Waals surface area contributed by atoms with Crippen LogP contribution < -0.4 is 10.8 Å². The third kappa shape index (κ3) is 1.51. The van der Waals surface area contributed by atoms with Crippen LogP contribution in [0.3, 0.4) is 0 Å². The summed E-state index contributed by atoms with van der Waals surface area (Å²) in [5, 5.41) is 10.4. The predicted octanol–water partition coefficient (Wildman–Crippen LogP) is 0.395. The zero-order valence-corrected chi connectivity index (χ0v) is 7.09. The molecule has 0 aliphatic rings. The highest BCUT2D eigenvalue weighted by molar-refractivity contribution is 9.10. The number of benzene rings is 1. The fraction of sp³-hybridized carbons (Fsp3) is 0. The van der Waals surface area contributed by atoms with Crippen LogP contribution in [0.1, 0.15) is 10.4 Å². The van der Waals surface area contributed by atoms with E-state index in [1.807, 2.05) is 0 Å². The van der Waals surface area contributed by atoms with E-state index in [-0.39, 0.29) is 11.3 Å². The lowest BCUT2D eigenvalue weighted by molar-refractivity contribution is -0.255. The molecule has 0 aliphatic carbocycles. The van der Waals surface area contributed by atoms with E-state index in [2.05, 4.69) is 15.9 Å². The Kier molecular flexibility index (Phi) is 2.14. The number of nitrogen functional groups attached to an aromatic ring is 1. The van der Waals surface area contributed by atoms with Gasteiger partial charge in [0, 0.05) is 15.7 Å². The monoisotopic (exact) mass is 214 g/mol. The maximum atomic E-state index is 10.4. The molecular weight excluding hydrogens is 210 g/mol. The topological polar surface area (TPSA) is 66.2 Å². The molecule has 0 spiro atoms. The van der Waals surface area contributed by atoms with E-state index in [9.17, 15) is 9.90 Å². The van der Waals surface area contributed by atoms with Gasteiger partial charge in [-0.2, -0.15) is 0 Å². The second-order valence-electron chi connectivity index (χ2n) is 1.99. The normalized spacial score (nSPS) is 9.55. The lowest BCUT2D eigenvalue weighted by atomic mass is 10.2. The van der Waals surface area contributed by atoms with Gasteiger partial charge in [-0.05, 0) is 12.1 Å². The molecule has 0 bridgehead atoms. The van der Waals surface area contributed by atoms with E-state index in [0.29, 0.717) is 4.47 Å². The molecule has 11 heavy (non-hydrogen) atoms. The van der Waals surface area contributed by atoms with Crippen molar-refractivity contribution < 1.29 is 9.90 Å². The SMILES string of the molecule is Nc1cccc(Br)c1C(=O)[O-]. The first-order valence-electron chi connectivity index (χ1n) is 2.88. The molecule has 0 unspecified atom stereocenters. The van der Waals surface area contributed by atoms with Gasteiger partial charge in [0.05, 0.1) is 5.97 Å². The van der Waals surface area contributed by atoms with Crippen LogP contribution >= 0.6 is 15.9 Å². The van der Waals surface area contributed by atoms with Crippen molar-refractivity contribution in [3.05, 3.63) is 28.2 Å². The number of carbonyl (C=O) groups is 1. The minimum absolute atomic E-state index is 0.00694. The fourth-order valence-electron chi connectivity index (χ4n) is 0.756. The second-order valence-corrected chi connectivity index (χ2v) is 2.85. The maximum Gasteiger partial charge on any atom is 0.0747 e. The summed E-state index contributed by atoms with van der Waals surface area (Å²) in [4.78, 5) is 10.4. The summed E-state index contributed by atoms with van der Waals surface area (Å²) in [5.74, 6) is -1.27. The van der Waals surface area contributed by atoms with Crippen LogP contribution in [0, 0.1) is 0 Å². The van der Waals surface area contributed by atoms with Crippen molar-refractivity contribution in [1.82, 2.24) is 0 Å². The molecule has 3 nitrogen and oxygen atoms in total. The molecule has 0 atom stereocenters. The molecule has 0 aromatic heterocycles. The molecule has 0 heterocycles. The number of rotatable bonds is 1. The van der Waals surface area contributed by atoms with Crippen molar-refractivity contribution in [2.24, 2.45) is 0 Å². The Bertz CT molecular complexity index is 278. The third-order valence-electron chi connectivity index (χ3n) is 1.25. The van der Waals surface area contributed by atoms with E-state index in [4.69, 9.17) is 5.73 Å². The van der Waals surface area contributed by atoms with Crippen molar-refractivity contribution in [3.8, 4) is 0 Å². The van der Waals surface area contributed by atoms with Crippen LogP contribution in [0.4, 0.5) is 5.69 Å². The molecule has 1 rings (SSSR count). The van der Waals surface area contributed by atoms with Gasteiger partial charge in [0.1, 0.15) is 0 Å². The zero-order valence-electron chi connectivity index (χ0n) is 5.50. The Hall–Kier alpha value is -1.03. The van der Waals surface area contributed by atoms with Crippen LogP contribution in [0.2, 0.25) is 0 Å². The number of carbonyl (C=O) groups excluding carboxylic acids is 1. The molecule has 0 fully saturated rings. The fourth-order valence-corrected chi connectivity index (χ4v) is 1.30. The zero-order chi connectivity index (χ0) is 8.43. The summed E-state index contributed by atoms with van der Waals surface area (Å²) in [6, 6.07) is 4.77. The van der Waals surface area contributed by atoms with Crippen LogP contribution in [-0.4, -0.2) is 5.97 Å². The molecule has 0 saturated heterocycles. The van der Waals surface area contributed by atoms with Gasteiger partial charge < -0.3 is 15.6 Å². The van der Waals surface area contributed by atoms with E-state index in [1.54, 1.807) is 12.1 Å². The molecule has 4 heteroatoms. The number of hydrogen-bond acceptors (Lipinski definition) is 3. The Morgan fingerprint density at radius 1 is 1.55 bits per heavy atom.